The normalized spacial score (nSPS) is 11.6. The number of esters is 1. The monoisotopic (exact) mass is 381 g/mol. The summed E-state index contributed by atoms with van der Waals surface area (Å²) in [5, 5.41) is 0.121. The van der Waals surface area contributed by atoms with Gasteiger partial charge in [0.2, 0.25) is 5.43 Å². The molecular formula is C23H24FNO3. The molecule has 1 N–H and O–H groups in total. The summed E-state index contributed by atoms with van der Waals surface area (Å²) in [7, 11) is 0. The molecule has 0 saturated carbocycles. The van der Waals surface area contributed by atoms with Gasteiger partial charge in [0.15, 0.2) is 0 Å². The van der Waals surface area contributed by atoms with Crippen LogP contribution in [0.15, 0.2) is 41.2 Å². The molecule has 0 radical (unpaired) electrons. The van der Waals surface area contributed by atoms with Crippen LogP contribution >= 0.6 is 0 Å². The fourth-order valence-electron chi connectivity index (χ4n) is 3.27. The zero-order chi connectivity index (χ0) is 20.6. The highest BCUT2D eigenvalue weighted by atomic mass is 19.1. The average molecular weight is 381 g/mol. The summed E-state index contributed by atoms with van der Waals surface area (Å²) >= 11 is 0. The molecule has 0 bridgehead atoms. The Kier molecular flexibility index (Phi) is 5.11. The van der Waals surface area contributed by atoms with E-state index in [4.69, 9.17) is 4.74 Å². The van der Waals surface area contributed by atoms with Crippen LogP contribution in [0.3, 0.4) is 0 Å². The van der Waals surface area contributed by atoms with E-state index in [1.807, 2.05) is 19.1 Å². The summed E-state index contributed by atoms with van der Waals surface area (Å²) in [5.74, 6) is -1.25. The first-order chi connectivity index (χ1) is 13.1. The van der Waals surface area contributed by atoms with Crippen molar-refractivity contribution in [2.45, 2.75) is 40.0 Å². The first kappa shape index (κ1) is 19.8. The molecule has 0 saturated heterocycles. The van der Waals surface area contributed by atoms with Gasteiger partial charge in [-0.1, -0.05) is 39.0 Å². The van der Waals surface area contributed by atoms with Crippen LogP contribution < -0.4 is 5.43 Å². The number of hydrogen-bond acceptors (Lipinski definition) is 3. The van der Waals surface area contributed by atoms with Crippen molar-refractivity contribution in [1.82, 2.24) is 4.98 Å². The minimum atomic E-state index is -0.718. The Morgan fingerprint density at radius 1 is 1.14 bits per heavy atom. The lowest BCUT2D eigenvalue weighted by atomic mass is 9.84. The van der Waals surface area contributed by atoms with Gasteiger partial charge in [-0.2, -0.15) is 0 Å². The van der Waals surface area contributed by atoms with Crippen molar-refractivity contribution in [2.24, 2.45) is 0 Å². The smallest absolute Gasteiger partial charge is 0.344 e. The highest BCUT2D eigenvalue weighted by Crippen LogP contribution is 2.31. The topological polar surface area (TPSA) is 59.2 Å². The van der Waals surface area contributed by atoms with Crippen molar-refractivity contribution >= 4 is 16.9 Å². The van der Waals surface area contributed by atoms with Crippen LogP contribution in [-0.2, 0) is 10.2 Å². The van der Waals surface area contributed by atoms with Crippen LogP contribution in [0.4, 0.5) is 4.39 Å². The summed E-state index contributed by atoms with van der Waals surface area (Å²) in [6.07, 6.45) is 0. The summed E-state index contributed by atoms with van der Waals surface area (Å²) in [4.78, 5) is 28.8. The highest BCUT2D eigenvalue weighted by molar-refractivity contribution is 6.00. The van der Waals surface area contributed by atoms with Crippen molar-refractivity contribution in [3.05, 3.63) is 69.1 Å². The van der Waals surface area contributed by atoms with E-state index in [1.165, 1.54) is 12.1 Å². The molecule has 1 aromatic heterocycles. The second kappa shape index (κ2) is 7.23. The van der Waals surface area contributed by atoms with E-state index in [-0.39, 0.29) is 23.0 Å². The van der Waals surface area contributed by atoms with Crippen molar-refractivity contribution in [2.75, 3.05) is 6.61 Å². The Labute approximate surface area is 163 Å². The average Bonchev–Trinajstić information content (AvgIpc) is 2.61. The standard InChI is InChI=1S/C23H24FNO3/c1-6-28-22(27)19-20(16-9-7-14(11-13(16)2)23(3,4)5)25-18-10-8-15(24)12-17(18)21(19)26/h7-12H,6H2,1-5H3,(H,25,26). The maximum atomic E-state index is 13.7. The van der Waals surface area contributed by atoms with Crippen LogP contribution in [0.5, 0.6) is 0 Å². The number of aryl methyl sites for hydroxylation is 1. The Morgan fingerprint density at radius 3 is 2.46 bits per heavy atom. The van der Waals surface area contributed by atoms with Crippen molar-refractivity contribution in [3.8, 4) is 11.3 Å². The predicted molar refractivity (Wildman–Crippen MR) is 109 cm³/mol. The van der Waals surface area contributed by atoms with Gasteiger partial charge in [0.1, 0.15) is 11.4 Å². The van der Waals surface area contributed by atoms with E-state index < -0.39 is 17.2 Å². The molecule has 0 spiro atoms. The molecule has 0 aliphatic carbocycles. The second-order valence-electron chi connectivity index (χ2n) is 7.89. The fraction of sp³-hybridized carbons (Fsp3) is 0.304. The predicted octanol–water partition coefficient (Wildman–Crippen LogP) is 5.12. The number of rotatable bonds is 3. The number of nitrogens with one attached hydrogen (secondary N) is 1. The van der Waals surface area contributed by atoms with Crippen molar-refractivity contribution < 1.29 is 13.9 Å². The number of carbonyl (C=O) groups is 1. The maximum absolute atomic E-state index is 13.7. The lowest BCUT2D eigenvalue weighted by Gasteiger charge is -2.21. The number of aromatic nitrogens is 1. The lowest BCUT2D eigenvalue weighted by molar-refractivity contribution is 0.0525. The third-order valence-corrected chi connectivity index (χ3v) is 4.80. The molecule has 0 unspecified atom stereocenters. The first-order valence-corrected chi connectivity index (χ1v) is 9.27. The van der Waals surface area contributed by atoms with Gasteiger partial charge >= 0.3 is 5.97 Å². The zero-order valence-electron chi connectivity index (χ0n) is 16.8. The number of H-pyrrole nitrogens is 1. The third-order valence-electron chi connectivity index (χ3n) is 4.80. The summed E-state index contributed by atoms with van der Waals surface area (Å²) in [6, 6.07) is 9.86. The maximum Gasteiger partial charge on any atom is 0.344 e. The molecule has 4 nitrogen and oxygen atoms in total. The van der Waals surface area contributed by atoms with E-state index in [2.05, 4.69) is 31.8 Å². The van der Waals surface area contributed by atoms with Crippen LogP contribution in [0.1, 0.15) is 49.2 Å². The number of carbonyl (C=O) groups excluding carboxylic acids is 1. The van der Waals surface area contributed by atoms with E-state index in [9.17, 15) is 14.0 Å². The largest absolute Gasteiger partial charge is 0.462 e. The molecule has 28 heavy (non-hydrogen) atoms. The highest BCUT2D eigenvalue weighted by Gasteiger charge is 2.23. The summed E-state index contributed by atoms with van der Waals surface area (Å²) in [5.41, 5.74) is 3.00. The van der Waals surface area contributed by atoms with Gasteiger partial charge in [-0.05, 0) is 48.6 Å². The van der Waals surface area contributed by atoms with Gasteiger partial charge in [0.05, 0.1) is 12.3 Å². The molecule has 0 amide bonds. The molecular weight excluding hydrogens is 357 g/mol. The van der Waals surface area contributed by atoms with Gasteiger partial charge in [-0.3, -0.25) is 4.79 Å². The molecule has 0 atom stereocenters. The molecule has 146 valence electrons. The Hall–Kier alpha value is -2.95. The number of halogens is 1. The van der Waals surface area contributed by atoms with E-state index in [1.54, 1.807) is 6.92 Å². The fourth-order valence-corrected chi connectivity index (χ4v) is 3.27. The number of fused-ring (bicyclic) bond motifs is 1. The number of ether oxygens (including phenoxy) is 1. The van der Waals surface area contributed by atoms with Crippen LogP contribution in [-0.4, -0.2) is 17.6 Å². The number of hydrogen-bond donors (Lipinski definition) is 1. The molecule has 3 rings (SSSR count). The molecule has 3 aromatic rings. The van der Waals surface area contributed by atoms with Crippen LogP contribution in [0.25, 0.3) is 22.2 Å². The van der Waals surface area contributed by atoms with Crippen molar-refractivity contribution in [3.63, 3.8) is 0 Å². The van der Waals surface area contributed by atoms with Crippen LogP contribution in [0.2, 0.25) is 0 Å². The number of aromatic amines is 1. The second-order valence-corrected chi connectivity index (χ2v) is 7.89. The van der Waals surface area contributed by atoms with Gasteiger partial charge in [0.25, 0.3) is 0 Å². The lowest BCUT2D eigenvalue weighted by Crippen LogP contribution is -2.21. The van der Waals surface area contributed by atoms with E-state index in [0.29, 0.717) is 11.2 Å². The Morgan fingerprint density at radius 2 is 1.86 bits per heavy atom. The van der Waals surface area contributed by atoms with Gasteiger partial charge in [-0.25, -0.2) is 9.18 Å². The zero-order valence-corrected chi connectivity index (χ0v) is 16.8. The molecule has 2 aromatic carbocycles. The quantitative estimate of drug-likeness (QED) is 0.641. The molecule has 0 aliphatic rings. The van der Waals surface area contributed by atoms with Gasteiger partial charge < -0.3 is 9.72 Å². The van der Waals surface area contributed by atoms with Gasteiger partial charge in [0, 0.05) is 16.5 Å². The SMILES string of the molecule is CCOC(=O)c1c(-c2ccc(C(C)(C)C)cc2C)[nH]c2ccc(F)cc2c1=O. The van der Waals surface area contributed by atoms with E-state index >= 15 is 0 Å². The first-order valence-electron chi connectivity index (χ1n) is 9.27. The molecule has 0 fully saturated rings. The Bertz CT molecular complexity index is 1120. The van der Waals surface area contributed by atoms with E-state index in [0.717, 1.165) is 22.8 Å². The molecule has 5 heteroatoms. The van der Waals surface area contributed by atoms with Gasteiger partial charge in [-0.15, -0.1) is 0 Å². The summed E-state index contributed by atoms with van der Waals surface area (Å²) in [6.45, 7) is 10.1. The Balaban J connectivity index is 2.34. The summed E-state index contributed by atoms with van der Waals surface area (Å²) < 4.78 is 18.8. The number of pyridine rings is 1. The molecule has 1 heterocycles. The van der Waals surface area contributed by atoms with Crippen molar-refractivity contribution in [1.29, 1.82) is 0 Å². The number of benzene rings is 2. The molecule has 0 aliphatic heterocycles. The minimum absolute atomic E-state index is 0.0262. The minimum Gasteiger partial charge on any atom is -0.462 e. The third kappa shape index (κ3) is 3.57. The van der Waals surface area contributed by atoms with Crippen LogP contribution in [0, 0.1) is 12.7 Å².